The van der Waals surface area contributed by atoms with Gasteiger partial charge < -0.3 is 10.2 Å². The van der Waals surface area contributed by atoms with E-state index in [2.05, 4.69) is 97.8 Å². The Labute approximate surface area is 177 Å². The van der Waals surface area contributed by atoms with Crippen molar-refractivity contribution in [1.82, 2.24) is 5.32 Å². The number of oxime groups is 1. The van der Waals surface area contributed by atoms with E-state index >= 15 is 0 Å². The van der Waals surface area contributed by atoms with Crippen molar-refractivity contribution < 1.29 is 4.84 Å². The molecular weight excluding hydrogens is 468 g/mol. The second-order valence-electron chi connectivity index (χ2n) is 7.76. The molecule has 2 aromatic rings. The van der Waals surface area contributed by atoms with E-state index < -0.39 is 0 Å². The monoisotopic (exact) mass is 490 g/mol. The predicted molar refractivity (Wildman–Crippen MR) is 117 cm³/mol. The molecule has 0 aromatic heterocycles. The molecule has 0 spiro atoms. The summed E-state index contributed by atoms with van der Waals surface area (Å²) in [5, 5.41) is 8.57. The number of piperidine rings is 1. The average Bonchev–Trinajstić information content (AvgIpc) is 2.65. The lowest BCUT2D eigenvalue weighted by Crippen LogP contribution is -2.56. The fourth-order valence-corrected chi connectivity index (χ4v) is 5.39. The molecule has 1 saturated heterocycles. The topological polar surface area (TPSA) is 33.6 Å². The maximum atomic E-state index is 5.33. The highest BCUT2D eigenvalue weighted by Gasteiger charge is 2.53. The van der Waals surface area contributed by atoms with Crippen LogP contribution in [0.1, 0.15) is 49.4 Å². The van der Waals surface area contributed by atoms with Crippen LogP contribution in [0.3, 0.4) is 0 Å². The second kappa shape index (κ2) is 7.69. The summed E-state index contributed by atoms with van der Waals surface area (Å²) in [7, 11) is 1.66. The molecule has 142 valence electrons. The molecule has 5 heteroatoms. The Hall–Kier alpha value is -1.17. The van der Waals surface area contributed by atoms with E-state index in [0.29, 0.717) is 5.92 Å². The van der Waals surface area contributed by atoms with Crippen LogP contribution in [0.2, 0.25) is 0 Å². The third-order valence-electron chi connectivity index (χ3n) is 6.16. The fourth-order valence-electron chi connectivity index (χ4n) is 4.86. The van der Waals surface area contributed by atoms with Gasteiger partial charge in [0.05, 0.1) is 5.71 Å². The quantitative estimate of drug-likeness (QED) is 0.503. The fraction of sp³-hybridized carbons (Fsp3) is 0.409. The summed E-state index contributed by atoms with van der Waals surface area (Å²) in [6.45, 7) is 2.34. The van der Waals surface area contributed by atoms with E-state index in [-0.39, 0.29) is 17.5 Å². The summed E-state index contributed by atoms with van der Waals surface area (Å²) in [5.74, 6) is 0.358. The summed E-state index contributed by atoms with van der Waals surface area (Å²) in [4.78, 5) is 5.33. The Bertz CT molecular complexity index is 834. The molecule has 1 saturated carbocycles. The Kier molecular flexibility index (Phi) is 5.45. The lowest BCUT2D eigenvalue weighted by Gasteiger charge is -2.53. The highest BCUT2D eigenvalue weighted by molar-refractivity contribution is 9.10. The van der Waals surface area contributed by atoms with Gasteiger partial charge in [-0.1, -0.05) is 74.6 Å². The molecule has 1 aliphatic carbocycles. The lowest BCUT2D eigenvalue weighted by molar-refractivity contribution is 0.135. The molecule has 4 rings (SSSR count). The van der Waals surface area contributed by atoms with Crippen molar-refractivity contribution in [2.45, 2.75) is 38.3 Å². The van der Waals surface area contributed by atoms with E-state index in [1.165, 1.54) is 23.3 Å². The number of hydrogen-bond donors (Lipinski definition) is 1. The minimum absolute atomic E-state index is 0.0430. The molecule has 3 nitrogen and oxygen atoms in total. The summed E-state index contributed by atoms with van der Waals surface area (Å²) >= 11 is 7.11. The maximum Gasteiger partial charge on any atom is 0.106 e. The van der Waals surface area contributed by atoms with Crippen molar-refractivity contribution in [2.24, 2.45) is 16.5 Å². The molecule has 2 bridgehead atoms. The smallest absolute Gasteiger partial charge is 0.106 e. The molecule has 27 heavy (non-hydrogen) atoms. The number of benzene rings is 2. The summed E-state index contributed by atoms with van der Waals surface area (Å²) < 4.78 is 2.20. The minimum atomic E-state index is -0.0430. The van der Waals surface area contributed by atoms with Gasteiger partial charge in [0.2, 0.25) is 0 Å². The van der Waals surface area contributed by atoms with E-state index in [9.17, 15) is 0 Å². The zero-order valence-corrected chi connectivity index (χ0v) is 18.8. The van der Waals surface area contributed by atoms with Gasteiger partial charge in [-0.3, -0.25) is 0 Å². The summed E-state index contributed by atoms with van der Waals surface area (Å²) in [6, 6.07) is 17.8. The third kappa shape index (κ3) is 3.50. The number of rotatable bonds is 3. The number of nitrogens with zero attached hydrogens (tertiary/aromatic N) is 1. The molecule has 0 amide bonds. The lowest BCUT2D eigenvalue weighted by atomic mass is 9.58. The molecule has 1 N–H and O–H groups in total. The first-order valence-corrected chi connectivity index (χ1v) is 11.0. The molecule has 0 radical (unpaired) electrons. The highest BCUT2D eigenvalue weighted by Crippen LogP contribution is 2.53. The van der Waals surface area contributed by atoms with Gasteiger partial charge in [-0.15, -0.1) is 0 Å². The average molecular weight is 492 g/mol. The minimum Gasteiger partial charge on any atom is -0.399 e. The first-order valence-electron chi connectivity index (χ1n) is 9.41. The zero-order valence-electron chi connectivity index (χ0n) is 15.6. The van der Waals surface area contributed by atoms with Crippen molar-refractivity contribution in [3.8, 4) is 0 Å². The van der Waals surface area contributed by atoms with Crippen LogP contribution in [0.5, 0.6) is 0 Å². The number of hydrogen-bond acceptors (Lipinski definition) is 3. The standard InChI is InChI=1S/C22H24Br2N2O/c1-22-13-3-4-18(21(22)26-27-2)19(14-5-9-16(23)10-6-14)25-20(22)15-7-11-17(24)12-8-15/h5-12,18-20,25H,3-4,13H2,1-2H3/b26-21+. The molecule has 4 atom stereocenters. The van der Waals surface area contributed by atoms with E-state index in [0.717, 1.165) is 21.8 Å². The van der Waals surface area contributed by atoms with Crippen molar-refractivity contribution in [2.75, 3.05) is 7.11 Å². The predicted octanol–water partition coefficient (Wildman–Crippen LogP) is 6.41. The van der Waals surface area contributed by atoms with E-state index in [1.54, 1.807) is 7.11 Å². The van der Waals surface area contributed by atoms with Gasteiger partial charge in [-0.25, -0.2) is 0 Å². The molecule has 1 heterocycles. The van der Waals surface area contributed by atoms with Gasteiger partial charge in [0.15, 0.2) is 0 Å². The number of halogens is 2. The molecule has 2 fully saturated rings. The van der Waals surface area contributed by atoms with Gasteiger partial charge in [0.1, 0.15) is 7.11 Å². The molecule has 4 unspecified atom stereocenters. The van der Waals surface area contributed by atoms with Crippen LogP contribution in [0, 0.1) is 11.3 Å². The number of nitrogens with one attached hydrogen (secondary N) is 1. The summed E-state index contributed by atoms with van der Waals surface area (Å²) in [6.07, 6.45) is 3.47. The Morgan fingerprint density at radius 3 is 2.19 bits per heavy atom. The number of fused-ring (bicyclic) bond motifs is 2. The van der Waals surface area contributed by atoms with E-state index in [1.807, 2.05) is 0 Å². The Balaban J connectivity index is 1.81. The first-order chi connectivity index (χ1) is 13.0. The molecule has 2 aliphatic rings. The van der Waals surface area contributed by atoms with Crippen molar-refractivity contribution >= 4 is 37.6 Å². The second-order valence-corrected chi connectivity index (χ2v) is 9.59. The van der Waals surface area contributed by atoms with Crippen LogP contribution in [-0.2, 0) is 4.84 Å². The highest BCUT2D eigenvalue weighted by atomic mass is 79.9. The van der Waals surface area contributed by atoms with Crippen molar-refractivity contribution in [3.63, 3.8) is 0 Å². The van der Waals surface area contributed by atoms with Crippen LogP contribution >= 0.6 is 31.9 Å². The summed E-state index contributed by atoms with van der Waals surface area (Å²) in [5.41, 5.74) is 3.76. The van der Waals surface area contributed by atoms with Crippen LogP contribution < -0.4 is 5.32 Å². The normalized spacial score (nSPS) is 31.7. The largest absolute Gasteiger partial charge is 0.399 e. The third-order valence-corrected chi connectivity index (χ3v) is 7.21. The van der Waals surface area contributed by atoms with Crippen LogP contribution in [0.4, 0.5) is 0 Å². The Morgan fingerprint density at radius 1 is 1.00 bits per heavy atom. The first kappa shape index (κ1) is 19.2. The van der Waals surface area contributed by atoms with E-state index in [4.69, 9.17) is 4.84 Å². The van der Waals surface area contributed by atoms with Crippen molar-refractivity contribution in [1.29, 1.82) is 0 Å². The van der Waals surface area contributed by atoms with Gasteiger partial charge in [-0.05, 0) is 48.2 Å². The van der Waals surface area contributed by atoms with Crippen LogP contribution in [0.15, 0.2) is 62.6 Å². The molecule has 1 aliphatic heterocycles. The molecular formula is C22H24Br2N2O. The van der Waals surface area contributed by atoms with Gasteiger partial charge in [-0.2, -0.15) is 0 Å². The van der Waals surface area contributed by atoms with Gasteiger partial charge in [0, 0.05) is 32.4 Å². The van der Waals surface area contributed by atoms with Gasteiger partial charge in [0.25, 0.3) is 0 Å². The SMILES string of the molecule is CO/N=C1\C2CCCC1(C)C(c1ccc(Br)cc1)NC2c1ccc(Br)cc1. The van der Waals surface area contributed by atoms with Crippen LogP contribution in [-0.4, -0.2) is 12.8 Å². The van der Waals surface area contributed by atoms with Crippen molar-refractivity contribution in [3.05, 3.63) is 68.6 Å². The van der Waals surface area contributed by atoms with Gasteiger partial charge >= 0.3 is 0 Å². The van der Waals surface area contributed by atoms with Crippen LogP contribution in [0.25, 0.3) is 0 Å². The maximum absolute atomic E-state index is 5.33. The molecule has 2 aromatic carbocycles. The zero-order chi connectivity index (χ0) is 19.0. The Morgan fingerprint density at radius 2 is 1.59 bits per heavy atom.